The second-order valence-corrected chi connectivity index (χ2v) is 8.02. The number of furan rings is 1. The fourth-order valence-corrected chi connectivity index (χ4v) is 3.98. The molecule has 2 amide bonds. The lowest BCUT2D eigenvalue weighted by atomic mass is 10.1. The van der Waals surface area contributed by atoms with Gasteiger partial charge in [-0.1, -0.05) is 29.8 Å². The van der Waals surface area contributed by atoms with Crippen LogP contribution in [0.1, 0.15) is 16.9 Å². The largest absolute Gasteiger partial charge is 0.573 e. The van der Waals surface area contributed by atoms with Crippen molar-refractivity contribution in [3.05, 3.63) is 82.5 Å². The molecule has 32 heavy (non-hydrogen) atoms. The quantitative estimate of drug-likeness (QED) is 0.414. The summed E-state index contributed by atoms with van der Waals surface area (Å²) in [5.41, 5.74) is 2.42. The molecular formula is C23H16F3NO4S. The van der Waals surface area contributed by atoms with Gasteiger partial charge in [-0.3, -0.25) is 14.5 Å². The van der Waals surface area contributed by atoms with Gasteiger partial charge in [-0.05, 0) is 60.6 Å². The number of hydrogen-bond donors (Lipinski definition) is 0. The predicted octanol–water partition coefficient (Wildman–Crippen LogP) is 6.39. The third-order valence-corrected chi connectivity index (χ3v) is 5.48. The summed E-state index contributed by atoms with van der Waals surface area (Å²) in [6, 6.07) is 16.0. The standard InChI is InChI=1S/C23H16F3NO4S/c1-14-3-2-4-15(11-14)13-27-21(28)20(32-22(27)29)12-18-9-10-19(30-18)16-5-7-17(8-6-16)31-23(24,25)26/h2-12H,13H2,1H3/b20-12-. The number of hydrogen-bond acceptors (Lipinski definition) is 5. The first-order chi connectivity index (χ1) is 15.2. The Balaban J connectivity index is 1.48. The second-order valence-electron chi connectivity index (χ2n) is 7.03. The number of carbonyl (C=O) groups excluding carboxylic acids is 2. The van der Waals surface area contributed by atoms with E-state index in [1.165, 1.54) is 35.2 Å². The number of benzene rings is 2. The molecule has 0 unspecified atom stereocenters. The first-order valence-electron chi connectivity index (χ1n) is 9.45. The zero-order valence-electron chi connectivity index (χ0n) is 16.7. The van der Waals surface area contributed by atoms with Gasteiger partial charge in [0.1, 0.15) is 17.3 Å². The molecule has 0 radical (unpaired) electrons. The number of thioether (sulfide) groups is 1. The fraction of sp³-hybridized carbons (Fsp3) is 0.130. The summed E-state index contributed by atoms with van der Waals surface area (Å²) in [4.78, 5) is 26.5. The zero-order valence-corrected chi connectivity index (χ0v) is 17.5. The van der Waals surface area contributed by atoms with Crippen LogP contribution in [0, 0.1) is 6.92 Å². The Hall–Kier alpha value is -3.46. The van der Waals surface area contributed by atoms with Gasteiger partial charge in [0, 0.05) is 11.6 Å². The molecule has 2 aromatic carbocycles. The van der Waals surface area contributed by atoms with Crippen molar-refractivity contribution in [2.45, 2.75) is 19.8 Å². The molecule has 2 heterocycles. The third kappa shape index (κ3) is 5.05. The number of amides is 2. The highest BCUT2D eigenvalue weighted by molar-refractivity contribution is 8.18. The molecule has 1 fully saturated rings. The summed E-state index contributed by atoms with van der Waals surface area (Å²) >= 11 is 0.828. The van der Waals surface area contributed by atoms with Gasteiger partial charge in [0.25, 0.3) is 11.1 Å². The Morgan fingerprint density at radius 3 is 2.50 bits per heavy atom. The molecule has 0 bridgehead atoms. The van der Waals surface area contributed by atoms with Gasteiger partial charge in [0.15, 0.2) is 0 Å². The van der Waals surface area contributed by atoms with Crippen LogP contribution >= 0.6 is 11.8 Å². The number of halogens is 3. The van der Waals surface area contributed by atoms with Crippen LogP contribution < -0.4 is 4.74 Å². The summed E-state index contributed by atoms with van der Waals surface area (Å²) in [6.07, 6.45) is -3.28. The van der Waals surface area contributed by atoms with Crippen LogP contribution in [-0.2, 0) is 11.3 Å². The van der Waals surface area contributed by atoms with Crippen LogP contribution in [0.25, 0.3) is 17.4 Å². The number of rotatable bonds is 5. The molecule has 0 aliphatic carbocycles. The highest BCUT2D eigenvalue weighted by atomic mass is 32.2. The number of aryl methyl sites for hydroxylation is 1. The van der Waals surface area contributed by atoms with Gasteiger partial charge >= 0.3 is 6.36 Å². The smallest absolute Gasteiger partial charge is 0.457 e. The molecule has 0 atom stereocenters. The maximum atomic E-state index is 12.7. The zero-order chi connectivity index (χ0) is 22.9. The molecule has 1 aliphatic rings. The van der Waals surface area contributed by atoms with Gasteiger partial charge in [-0.25, -0.2) is 0 Å². The Morgan fingerprint density at radius 1 is 1.06 bits per heavy atom. The van der Waals surface area contributed by atoms with E-state index in [1.54, 1.807) is 12.1 Å². The normalized spacial score (nSPS) is 15.6. The van der Waals surface area contributed by atoms with Crippen LogP contribution in [0.3, 0.4) is 0 Å². The minimum absolute atomic E-state index is 0.180. The monoisotopic (exact) mass is 459 g/mol. The van der Waals surface area contributed by atoms with E-state index >= 15 is 0 Å². The SMILES string of the molecule is Cc1cccc(CN2C(=O)S/C(=C\c3ccc(-c4ccc(OC(F)(F)F)cc4)o3)C2=O)c1. The van der Waals surface area contributed by atoms with E-state index in [4.69, 9.17) is 4.42 Å². The van der Waals surface area contributed by atoms with E-state index in [9.17, 15) is 22.8 Å². The molecule has 1 saturated heterocycles. The van der Waals surface area contributed by atoms with Crippen molar-refractivity contribution in [2.75, 3.05) is 0 Å². The van der Waals surface area contributed by atoms with Gasteiger partial charge in [0.2, 0.25) is 0 Å². The number of imide groups is 1. The van der Waals surface area contributed by atoms with Crippen molar-refractivity contribution in [3.8, 4) is 17.1 Å². The van der Waals surface area contributed by atoms with Crippen LogP contribution in [0.15, 0.2) is 70.0 Å². The van der Waals surface area contributed by atoms with E-state index in [2.05, 4.69) is 4.74 Å². The number of ether oxygens (including phenoxy) is 1. The Labute approximate surface area is 185 Å². The van der Waals surface area contributed by atoms with Crippen molar-refractivity contribution in [3.63, 3.8) is 0 Å². The second kappa shape index (κ2) is 8.58. The van der Waals surface area contributed by atoms with Crippen molar-refractivity contribution in [1.29, 1.82) is 0 Å². The molecule has 0 saturated carbocycles. The van der Waals surface area contributed by atoms with Crippen LogP contribution in [0.4, 0.5) is 18.0 Å². The molecule has 0 spiro atoms. The lowest BCUT2D eigenvalue weighted by molar-refractivity contribution is -0.274. The Morgan fingerprint density at radius 2 is 1.81 bits per heavy atom. The van der Waals surface area contributed by atoms with Crippen molar-refractivity contribution in [2.24, 2.45) is 0 Å². The van der Waals surface area contributed by atoms with Crippen molar-refractivity contribution >= 4 is 29.0 Å². The van der Waals surface area contributed by atoms with Crippen molar-refractivity contribution < 1.29 is 31.9 Å². The molecule has 0 N–H and O–H groups in total. The van der Waals surface area contributed by atoms with Crippen LogP contribution in [0.2, 0.25) is 0 Å². The molecular weight excluding hydrogens is 443 g/mol. The average Bonchev–Trinajstić information content (AvgIpc) is 3.28. The lowest BCUT2D eigenvalue weighted by Crippen LogP contribution is -2.27. The molecule has 4 rings (SSSR count). The molecule has 5 nitrogen and oxygen atoms in total. The highest BCUT2D eigenvalue weighted by Crippen LogP contribution is 2.34. The molecule has 9 heteroatoms. The molecule has 164 valence electrons. The molecule has 3 aromatic rings. The first kappa shape index (κ1) is 21.8. The van der Waals surface area contributed by atoms with Gasteiger partial charge in [-0.15, -0.1) is 13.2 Å². The van der Waals surface area contributed by atoms with Crippen LogP contribution in [0.5, 0.6) is 5.75 Å². The predicted molar refractivity (Wildman–Crippen MR) is 114 cm³/mol. The lowest BCUT2D eigenvalue weighted by Gasteiger charge is -2.12. The van der Waals surface area contributed by atoms with Crippen molar-refractivity contribution in [1.82, 2.24) is 4.90 Å². The maximum absolute atomic E-state index is 12.7. The fourth-order valence-electron chi connectivity index (χ4n) is 3.17. The summed E-state index contributed by atoms with van der Waals surface area (Å²) < 4.78 is 46.4. The number of alkyl halides is 3. The minimum atomic E-state index is -4.76. The van der Waals surface area contributed by atoms with E-state index in [1.807, 2.05) is 31.2 Å². The topological polar surface area (TPSA) is 59.8 Å². The number of nitrogens with zero attached hydrogens (tertiary/aromatic N) is 1. The highest BCUT2D eigenvalue weighted by Gasteiger charge is 2.35. The molecule has 1 aromatic heterocycles. The van der Waals surface area contributed by atoms with E-state index in [0.29, 0.717) is 17.1 Å². The third-order valence-electron chi connectivity index (χ3n) is 4.57. The Kier molecular flexibility index (Phi) is 5.84. The van der Waals surface area contributed by atoms with Crippen LogP contribution in [-0.4, -0.2) is 22.4 Å². The summed E-state index contributed by atoms with van der Waals surface area (Å²) in [5.74, 6) is -0.00565. The Bertz CT molecular complexity index is 1200. The number of carbonyl (C=O) groups is 2. The first-order valence-corrected chi connectivity index (χ1v) is 10.3. The van der Waals surface area contributed by atoms with E-state index in [0.717, 1.165) is 22.9 Å². The van der Waals surface area contributed by atoms with E-state index < -0.39 is 12.3 Å². The minimum Gasteiger partial charge on any atom is -0.457 e. The summed E-state index contributed by atoms with van der Waals surface area (Å²) in [7, 11) is 0. The maximum Gasteiger partial charge on any atom is 0.573 e. The van der Waals surface area contributed by atoms with Gasteiger partial charge in [-0.2, -0.15) is 0 Å². The summed E-state index contributed by atoms with van der Waals surface area (Å²) in [6.45, 7) is 2.11. The van der Waals surface area contributed by atoms with E-state index in [-0.39, 0.29) is 22.4 Å². The molecule has 1 aliphatic heterocycles. The average molecular weight is 459 g/mol. The van der Waals surface area contributed by atoms with Gasteiger partial charge in [0.05, 0.1) is 11.4 Å². The van der Waals surface area contributed by atoms with Gasteiger partial charge < -0.3 is 9.15 Å². The summed E-state index contributed by atoms with van der Waals surface area (Å²) in [5, 5.41) is -0.366.